The topological polar surface area (TPSA) is 43.4 Å². The van der Waals surface area contributed by atoms with E-state index in [2.05, 4.69) is 4.74 Å². The Balaban J connectivity index is 4.01. The molecule has 0 aliphatic carbocycles. The van der Waals surface area contributed by atoms with Crippen molar-refractivity contribution >= 4 is 11.9 Å². The Labute approximate surface area is 73.1 Å². The molecule has 2 atom stereocenters. The summed E-state index contributed by atoms with van der Waals surface area (Å²) in [5, 5.41) is 0. The number of rotatable bonds is 3. The van der Waals surface area contributed by atoms with Crippen molar-refractivity contribution in [1.29, 1.82) is 0 Å². The van der Waals surface area contributed by atoms with Gasteiger partial charge in [-0.3, -0.25) is 9.59 Å². The molecule has 0 aromatic heterocycles. The van der Waals surface area contributed by atoms with Crippen LogP contribution in [-0.4, -0.2) is 11.9 Å². The summed E-state index contributed by atoms with van der Waals surface area (Å²) in [7, 11) is 0. The van der Waals surface area contributed by atoms with E-state index in [9.17, 15) is 9.59 Å². The smallest absolute Gasteiger partial charge is 0.316 e. The van der Waals surface area contributed by atoms with Crippen LogP contribution < -0.4 is 0 Å². The van der Waals surface area contributed by atoms with Gasteiger partial charge in [0.1, 0.15) is 0 Å². The first-order chi connectivity index (χ1) is 5.49. The van der Waals surface area contributed by atoms with Crippen LogP contribution >= 0.6 is 0 Å². The summed E-state index contributed by atoms with van der Waals surface area (Å²) in [5.41, 5.74) is 0. The molecular formula is C9H16O3. The standard InChI is InChI=1S/C9H16O3/c1-5-6(2)7(3)9(11)12-8(4)10/h6-7H,5H2,1-4H3. The molecule has 0 amide bonds. The highest BCUT2D eigenvalue weighted by Crippen LogP contribution is 2.15. The molecule has 0 saturated carbocycles. The Morgan fingerprint density at radius 2 is 1.83 bits per heavy atom. The quantitative estimate of drug-likeness (QED) is 0.481. The van der Waals surface area contributed by atoms with Crippen molar-refractivity contribution in [2.24, 2.45) is 11.8 Å². The van der Waals surface area contributed by atoms with Crippen LogP contribution in [0.25, 0.3) is 0 Å². The first-order valence-corrected chi connectivity index (χ1v) is 4.21. The highest BCUT2D eigenvalue weighted by Gasteiger charge is 2.21. The molecule has 70 valence electrons. The van der Waals surface area contributed by atoms with Gasteiger partial charge in [-0.1, -0.05) is 27.2 Å². The minimum Gasteiger partial charge on any atom is -0.393 e. The predicted octanol–water partition coefficient (Wildman–Crippen LogP) is 1.76. The van der Waals surface area contributed by atoms with Gasteiger partial charge in [-0.2, -0.15) is 0 Å². The van der Waals surface area contributed by atoms with Gasteiger partial charge in [-0.15, -0.1) is 0 Å². The molecule has 0 aliphatic rings. The second-order valence-electron chi connectivity index (χ2n) is 3.09. The van der Waals surface area contributed by atoms with E-state index in [1.807, 2.05) is 13.8 Å². The van der Waals surface area contributed by atoms with Crippen LogP contribution in [0.15, 0.2) is 0 Å². The number of hydrogen-bond acceptors (Lipinski definition) is 3. The maximum atomic E-state index is 11.1. The van der Waals surface area contributed by atoms with Crippen molar-refractivity contribution in [2.75, 3.05) is 0 Å². The van der Waals surface area contributed by atoms with Crippen molar-refractivity contribution in [3.63, 3.8) is 0 Å². The molecular weight excluding hydrogens is 156 g/mol. The molecule has 12 heavy (non-hydrogen) atoms. The monoisotopic (exact) mass is 172 g/mol. The Kier molecular flexibility index (Phi) is 4.55. The molecule has 0 spiro atoms. The minimum absolute atomic E-state index is 0.195. The third kappa shape index (κ3) is 3.51. The summed E-state index contributed by atoms with van der Waals surface area (Å²) < 4.78 is 4.46. The first-order valence-electron chi connectivity index (χ1n) is 4.21. The van der Waals surface area contributed by atoms with Crippen molar-refractivity contribution < 1.29 is 14.3 Å². The van der Waals surface area contributed by atoms with E-state index in [1.54, 1.807) is 6.92 Å². The van der Waals surface area contributed by atoms with Gasteiger partial charge in [-0.25, -0.2) is 0 Å². The highest BCUT2D eigenvalue weighted by atomic mass is 16.6. The van der Waals surface area contributed by atoms with Gasteiger partial charge in [0.15, 0.2) is 0 Å². The van der Waals surface area contributed by atoms with E-state index in [0.717, 1.165) is 6.42 Å². The molecule has 0 heterocycles. The third-order valence-corrected chi connectivity index (χ3v) is 2.11. The molecule has 0 bridgehead atoms. The lowest BCUT2D eigenvalue weighted by Gasteiger charge is -2.15. The van der Waals surface area contributed by atoms with Crippen LogP contribution in [0.1, 0.15) is 34.1 Å². The van der Waals surface area contributed by atoms with E-state index in [0.29, 0.717) is 0 Å². The molecule has 3 heteroatoms. The van der Waals surface area contributed by atoms with Crippen molar-refractivity contribution in [3.8, 4) is 0 Å². The molecule has 0 saturated heterocycles. The summed E-state index contributed by atoms with van der Waals surface area (Å²) in [6, 6.07) is 0. The number of carbonyl (C=O) groups is 2. The largest absolute Gasteiger partial charge is 0.393 e. The Morgan fingerprint density at radius 3 is 2.17 bits per heavy atom. The molecule has 0 rings (SSSR count). The maximum absolute atomic E-state index is 11.1. The lowest BCUT2D eigenvalue weighted by molar-refractivity contribution is -0.161. The lowest BCUT2D eigenvalue weighted by Crippen LogP contribution is -2.22. The van der Waals surface area contributed by atoms with Crippen LogP contribution in [0.4, 0.5) is 0 Å². The van der Waals surface area contributed by atoms with Gasteiger partial charge in [-0.05, 0) is 5.92 Å². The van der Waals surface area contributed by atoms with Crippen LogP contribution in [0.3, 0.4) is 0 Å². The fourth-order valence-corrected chi connectivity index (χ4v) is 0.820. The number of ether oxygens (including phenoxy) is 1. The lowest BCUT2D eigenvalue weighted by atomic mass is 9.94. The molecule has 0 fully saturated rings. The number of carbonyl (C=O) groups excluding carboxylic acids is 2. The molecule has 2 unspecified atom stereocenters. The Bertz CT molecular complexity index is 175. The van der Waals surface area contributed by atoms with E-state index >= 15 is 0 Å². The Hall–Kier alpha value is -0.860. The number of hydrogen-bond donors (Lipinski definition) is 0. The van der Waals surface area contributed by atoms with Crippen LogP contribution in [0.5, 0.6) is 0 Å². The number of esters is 2. The molecule has 0 aliphatic heterocycles. The predicted molar refractivity (Wildman–Crippen MR) is 45.4 cm³/mol. The summed E-state index contributed by atoms with van der Waals surface area (Å²) in [5.74, 6) is -0.886. The fraction of sp³-hybridized carbons (Fsp3) is 0.778. The second-order valence-corrected chi connectivity index (χ2v) is 3.09. The summed E-state index contributed by atoms with van der Waals surface area (Å²) in [6.07, 6.45) is 0.911. The van der Waals surface area contributed by atoms with Crippen molar-refractivity contribution in [2.45, 2.75) is 34.1 Å². The average molecular weight is 172 g/mol. The van der Waals surface area contributed by atoms with Crippen LogP contribution in [-0.2, 0) is 14.3 Å². The van der Waals surface area contributed by atoms with Crippen LogP contribution in [0.2, 0.25) is 0 Å². The maximum Gasteiger partial charge on any atom is 0.316 e. The van der Waals surface area contributed by atoms with E-state index in [1.165, 1.54) is 6.92 Å². The normalized spacial score (nSPS) is 15.0. The van der Waals surface area contributed by atoms with Gasteiger partial charge in [0.25, 0.3) is 0 Å². The zero-order chi connectivity index (χ0) is 9.72. The van der Waals surface area contributed by atoms with Crippen LogP contribution in [0, 0.1) is 11.8 Å². The molecule has 0 radical (unpaired) electrons. The van der Waals surface area contributed by atoms with Gasteiger partial charge >= 0.3 is 11.9 Å². The SMILES string of the molecule is CCC(C)C(C)C(=O)OC(C)=O. The zero-order valence-electron chi connectivity index (χ0n) is 8.09. The second kappa shape index (κ2) is 4.91. The molecule has 0 N–H and O–H groups in total. The Morgan fingerprint density at radius 1 is 1.33 bits per heavy atom. The summed E-state index contributed by atoms with van der Waals surface area (Å²) in [6.45, 7) is 6.98. The minimum atomic E-state index is -0.532. The van der Waals surface area contributed by atoms with E-state index in [-0.39, 0.29) is 11.8 Å². The van der Waals surface area contributed by atoms with Gasteiger partial charge in [0, 0.05) is 6.92 Å². The van der Waals surface area contributed by atoms with Crippen molar-refractivity contribution in [1.82, 2.24) is 0 Å². The molecule has 3 nitrogen and oxygen atoms in total. The molecule has 0 aromatic rings. The average Bonchev–Trinajstić information content (AvgIpc) is 2.00. The van der Waals surface area contributed by atoms with E-state index in [4.69, 9.17) is 0 Å². The van der Waals surface area contributed by atoms with Gasteiger partial charge in [0.05, 0.1) is 5.92 Å². The van der Waals surface area contributed by atoms with Gasteiger partial charge in [0.2, 0.25) is 0 Å². The van der Waals surface area contributed by atoms with E-state index < -0.39 is 11.9 Å². The summed E-state index contributed by atoms with van der Waals surface area (Å²) >= 11 is 0. The summed E-state index contributed by atoms with van der Waals surface area (Å²) in [4.78, 5) is 21.5. The zero-order valence-corrected chi connectivity index (χ0v) is 8.09. The third-order valence-electron chi connectivity index (χ3n) is 2.11. The highest BCUT2D eigenvalue weighted by molar-refractivity contribution is 5.85. The van der Waals surface area contributed by atoms with Gasteiger partial charge < -0.3 is 4.74 Å². The first kappa shape index (κ1) is 11.1. The molecule has 0 aromatic carbocycles. The van der Waals surface area contributed by atoms with Crippen molar-refractivity contribution in [3.05, 3.63) is 0 Å². The fourth-order valence-electron chi connectivity index (χ4n) is 0.820.